The Morgan fingerprint density at radius 2 is 2.12 bits per heavy atom. The van der Waals surface area contributed by atoms with Crippen LogP contribution < -0.4 is 5.32 Å². The van der Waals surface area contributed by atoms with Crippen molar-refractivity contribution in [3.8, 4) is 0 Å². The van der Waals surface area contributed by atoms with E-state index < -0.39 is 0 Å². The van der Waals surface area contributed by atoms with E-state index in [4.69, 9.17) is 0 Å². The minimum absolute atomic E-state index is 0.00880. The van der Waals surface area contributed by atoms with Gasteiger partial charge in [-0.3, -0.25) is 4.79 Å². The van der Waals surface area contributed by atoms with Crippen molar-refractivity contribution < 1.29 is 9.59 Å². The fourth-order valence-corrected chi connectivity index (χ4v) is 5.81. The Balaban J connectivity index is 1.60. The number of benzene rings is 1. The van der Waals surface area contributed by atoms with Crippen molar-refractivity contribution in [1.82, 2.24) is 5.32 Å². The van der Waals surface area contributed by atoms with E-state index in [-0.39, 0.29) is 23.3 Å². The zero-order chi connectivity index (χ0) is 16.9. The zero-order valence-electron chi connectivity index (χ0n) is 14.1. The highest BCUT2D eigenvalue weighted by molar-refractivity contribution is 7.17. The maximum absolute atomic E-state index is 12.9. The summed E-state index contributed by atoms with van der Waals surface area (Å²) >= 11 is 1.61. The fourth-order valence-electron chi connectivity index (χ4n) is 4.87. The van der Waals surface area contributed by atoms with Crippen LogP contribution in [0.2, 0.25) is 0 Å². The average molecular weight is 341 g/mol. The van der Waals surface area contributed by atoms with Gasteiger partial charge in [0.25, 0.3) is 5.91 Å². The molecule has 3 nitrogen and oxygen atoms in total. The highest BCUT2D eigenvalue weighted by Gasteiger charge is 2.57. The number of amides is 1. The molecule has 3 aliphatic carbocycles. The second-order valence-corrected chi connectivity index (χ2v) is 8.81. The third kappa shape index (κ3) is 2.31. The molecule has 4 heteroatoms. The van der Waals surface area contributed by atoms with Gasteiger partial charge < -0.3 is 10.1 Å². The van der Waals surface area contributed by atoms with Gasteiger partial charge in [0.05, 0.1) is 5.56 Å². The lowest BCUT2D eigenvalue weighted by molar-refractivity contribution is -0.123. The molecule has 126 valence electrons. The third-order valence-electron chi connectivity index (χ3n) is 6.50. The quantitative estimate of drug-likeness (QED) is 0.844. The van der Waals surface area contributed by atoms with Crippen molar-refractivity contribution in [2.24, 2.45) is 23.2 Å². The summed E-state index contributed by atoms with van der Waals surface area (Å²) in [6.45, 7) is 4.62. The number of carbonyl (C=O) groups is 2. The predicted molar refractivity (Wildman–Crippen MR) is 97.2 cm³/mol. The molecule has 1 aromatic carbocycles. The molecule has 4 atom stereocenters. The predicted octanol–water partition coefficient (Wildman–Crippen LogP) is 4.27. The van der Waals surface area contributed by atoms with Gasteiger partial charge in [-0.25, -0.2) is 0 Å². The number of thiophene rings is 1. The van der Waals surface area contributed by atoms with E-state index in [0.717, 1.165) is 28.4 Å². The van der Waals surface area contributed by atoms with Gasteiger partial charge >= 0.3 is 0 Å². The number of rotatable bonds is 4. The van der Waals surface area contributed by atoms with Crippen molar-refractivity contribution in [2.45, 2.75) is 39.2 Å². The van der Waals surface area contributed by atoms with Gasteiger partial charge in [-0.1, -0.05) is 32.0 Å². The number of aldehydes is 1. The van der Waals surface area contributed by atoms with Gasteiger partial charge in [0, 0.05) is 27.9 Å². The van der Waals surface area contributed by atoms with Crippen molar-refractivity contribution >= 4 is 33.6 Å². The molecular formula is C20H23NO2S. The SMILES string of the molecule is CC1(C)[C@H]2C[C@H](CC=O)[C@H](NC(=O)c3csc4ccccc34)[C@@H]1C2. The largest absolute Gasteiger partial charge is 0.349 e. The molecule has 0 radical (unpaired) electrons. The van der Waals surface area contributed by atoms with Gasteiger partial charge in [-0.05, 0) is 42.1 Å². The molecule has 5 rings (SSSR count). The normalized spacial score (nSPS) is 30.6. The topological polar surface area (TPSA) is 46.2 Å². The molecule has 3 aliphatic rings. The lowest BCUT2D eigenvalue weighted by Crippen LogP contribution is -2.63. The molecule has 0 spiro atoms. The molecule has 3 fully saturated rings. The van der Waals surface area contributed by atoms with Crippen LogP contribution in [0.15, 0.2) is 29.6 Å². The maximum atomic E-state index is 12.9. The minimum Gasteiger partial charge on any atom is -0.349 e. The van der Waals surface area contributed by atoms with E-state index in [1.807, 2.05) is 29.6 Å². The van der Waals surface area contributed by atoms with Crippen LogP contribution in [-0.2, 0) is 4.79 Å². The number of hydrogen-bond acceptors (Lipinski definition) is 3. The lowest BCUT2D eigenvalue weighted by atomic mass is 9.44. The van der Waals surface area contributed by atoms with Crippen LogP contribution in [0.5, 0.6) is 0 Å². The first kappa shape index (κ1) is 15.8. The van der Waals surface area contributed by atoms with Crippen molar-refractivity contribution in [3.63, 3.8) is 0 Å². The van der Waals surface area contributed by atoms with E-state index in [0.29, 0.717) is 18.3 Å². The minimum atomic E-state index is 0.00880. The van der Waals surface area contributed by atoms with Gasteiger partial charge in [-0.2, -0.15) is 0 Å². The van der Waals surface area contributed by atoms with E-state index in [9.17, 15) is 9.59 Å². The smallest absolute Gasteiger partial charge is 0.252 e. The van der Waals surface area contributed by atoms with Crippen LogP contribution in [0.4, 0.5) is 0 Å². The summed E-state index contributed by atoms with van der Waals surface area (Å²) in [7, 11) is 0. The Morgan fingerprint density at radius 3 is 2.88 bits per heavy atom. The molecule has 24 heavy (non-hydrogen) atoms. The average Bonchev–Trinajstić information content (AvgIpc) is 3.00. The van der Waals surface area contributed by atoms with Crippen LogP contribution in [0.1, 0.15) is 43.5 Å². The fraction of sp³-hybridized carbons (Fsp3) is 0.500. The number of hydrogen-bond donors (Lipinski definition) is 1. The highest BCUT2D eigenvalue weighted by Crippen LogP contribution is 2.61. The summed E-state index contributed by atoms with van der Waals surface area (Å²) < 4.78 is 1.14. The maximum Gasteiger partial charge on any atom is 0.252 e. The molecule has 0 unspecified atom stereocenters. The Hall–Kier alpha value is -1.68. The summed E-state index contributed by atoms with van der Waals surface area (Å²) in [5, 5.41) is 6.27. The molecule has 0 aliphatic heterocycles. The van der Waals surface area contributed by atoms with Crippen LogP contribution in [-0.4, -0.2) is 18.2 Å². The van der Waals surface area contributed by atoms with Crippen LogP contribution in [0, 0.1) is 23.2 Å². The van der Waals surface area contributed by atoms with E-state index in [1.165, 1.54) is 6.42 Å². The Bertz CT molecular complexity index is 794. The Morgan fingerprint density at radius 1 is 1.33 bits per heavy atom. The molecular weight excluding hydrogens is 318 g/mol. The number of fused-ring (bicyclic) bond motifs is 3. The van der Waals surface area contributed by atoms with Crippen LogP contribution in [0.3, 0.4) is 0 Å². The molecule has 2 aromatic rings. The van der Waals surface area contributed by atoms with Crippen molar-refractivity contribution in [3.05, 3.63) is 35.2 Å². The molecule has 1 aromatic heterocycles. The first-order chi connectivity index (χ1) is 11.5. The first-order valence-electron chi connectivity index (χ1n) is 8.73. The Labute approximate surface area is 146 Å². The van der Waals surface area contributed by atoms with Crippen molar-refractivity contribution in [1.29, 1.82) is 0 Å². The highest BCUT2D eigenvalue weighted by atomic mass is 32.1. The van der Waals surface area contributed by atoms with E-state index in [1.54, 1.807) is 11.3 Å². The summed E-state index contributed by atoms with van der Waals surface area (Å²) in [6.07, 6.45) is 3.80. The number of carbonyl (C=O) groups excluding carboxylic acids is 2. The van der Waals surface area contributed by atoms with E-state index in [2.05, 4.69) is 19.2 Å². The summed E-state index contributed by atoms with van der Waals surface area (Å²) in [6, 6.07) is 8.14. The van der Waals surface area contributed by atoms with Gasteiger partial charge in [0.15, 0.2) is 0 Å². The first-order valence-corrected chi connectivity index (χ1v) is 9.61. The Kier molecular flexibility index (Phi) is 3.75. The van der Waals surface area contributed by atoms with Crippen molar-refractivity contribution in [2.75, 3.05) is 0 Å². The lowest BCUT2D eigenvalue weighted by Gasteiger charge is -2.62. The standard InChI is InChI=1S/C20H23NO2S/c1-20(2)13-9-12(7-8-22)18(16(20)10-13)21-19(23)15-11-24-17-6-4-3-5-14(15)17/h3-6,8,11-13,16,18H,7,9-10H2,1-2H3,(H,21,23)/t12-,13-,16-,18-/m0/s1. The van der Waals surface area contributed by atoms with Crippen LogP contribution in [0.25, 0.3) is 10.1 Å². The van der Waals surface area contributed by atoms with Gasteiger partial charge in [-0.15, -0.1) is 11.3 Å². The molecule has 1 heterocycles. The van der Waals surface area contributed by atoms with Gasteiger partial charge in [0.1, 0.15) is 6.29 Å². The summed E-state index contributed by atoms with van der Waals surface area (Å²) in [5.74, 6) is 1.47. The summed E-state index contributed by atoms with van der Waals surface area (Å²) in [4.78, 5) is 24.0. The van der Waals surface area contributed by atoms with Gasteiger partial charge in [0.2, 0.25) is 0 Å². The second-order valence-electron chi connectivity index (χ2n) is 7.90. The molecule has 3 saturated carbocycles. The monoisotopic (exact) mass is 341 g/mol. The molecule has 1 amide bonds. The second kappa shape index (κ2) is 5.69. The zero-order valence-corrected chi connectivity index (χ0v) is 14.9. The third-order valence-corrected chi connectivity index (χ3v) is 7.46. The molecule has 2 bridgehead atoms. The molecule has 0 saturated heterocycles. The van der Waals surface area contributed by atoms with Crippen LogP contribution >= 0.6 is 11.3 Å². The van der Waals surface area contributed by atoms with E-state index >= 15 is 0 Å². The molecule has 1 N–H and O–H groups in total. The summed E-state index contributed by atoms with van der Waals surface area (Å²) in [5.41, 5.74) is 1.04. The number of nitrogens with one attached hydrogen (secondary N) is 1.